The Bertz CT molecular complexity index is 1460. The number of thiazole rings is 1. The fourth-order valence-electron chi connectivity index (χ4n) is 3.27. The van der Waals surface area contributed by atoms with E-state index >= 15 is 0 Å². The van der Waals surface area contributed by atoms with Crippen molar-refractivity contribution in [3.8, 4) is 21.7 Å². The van der Waals surface area contributed by atoms with Crippen LogP contribution in [-0.2, 0) is 12.4 Å². The monoisotopic (exact) mass is 557 g/mol. The molecule has 14 heteroatoms. The number of aromatic nitrogens is 1. The Labute approximate surface area is 212 Å². The van der Waals surface area contributed by atoms with Crippen LogP contribution in [0.25, 0.3) is 21.7 Å². The normalized spacial score (nSPS) is 12.0. The number of nitrogens with zero attached hydrogens (tertiary/aromatic N) is 2. The number of alkyl halides is 6. The van der Waals surface area contributed by atoms with Gasteiger partial charge in [0, 0.05) is 11.6 Å². The first kappa shape index (κ1) is 26.3. The minimum atomic E-state index is -5.05. The predicted molar refractivity (Wildman–Crippen MR) is 127 cm³/mol. The SMILES string of the molecule is Cc1ccc(-c2nc(NC(=O)c3ccc([N+](=O)[O-])s3)sc2-c2cc(C(F)(F)F)cc(C(F)(F)F)c2)cc1. The number of benzene rings is 2. The molecule has 0 aliphatic heterocycles. The molecule has 0 unspecified atom stereocenters. The smallest absolute Gasteiger partial charge is 0.297 e. The van der Waals surface area contributed by atoms with Crippen LogP contribution in [0, 0.1) is 17.0 Å². The fourth-order valence-corrected chi connectivity index (χ4v) is 4.95. The largest absolute Gasteiger partial charge is 0.416 e. The highest BCUT2D eigenvalue weighted by Gasteiger charge is 2.37. The van der Waals surface area contributed by atoms with E-state index in [1.54, 1.807) is 31.2 Å². The average molecular weight is 557 g/mol. The van der Waals surface area contributed by atoms with Gasteiger partial charge in [0.15, 0.2) is 5.13 Å². The van der Waals surface area contributed by atoms with Gasteiger partial charge in [-0.25, -0.2) is 4.98 Å². The van der Waals surface area contributed by atoms with Gasteiger partial charge >= 0.3 is 17.4 Å². The minimum absolute atomic E-state index is 0.0289. The molecular formula is C23H13F6N3O3S2. The summed E-state index contributed by atoms with van der Waals surface area (Å²) in [5, 5.41) is 12.9. The highest BCUT2D eigenvalue weighted by Crippen LogP contribution is 2.44. The summed E-state index contributed by atoms with van der Waals surface area (Å²) in [5.74, 6) is -0.770. The summed E-state index contributed by atoms with van der Waals surface area (Å²) in [5.41, 5.74) is -2.05. The van der Waals surface area contributed by atoms with Gasteiger partial charge in [0.05, 0.1) is 31.5 Å². The third-order valence-electron chi connectivity index (χ3n) is 5.02. The lowest BCUT2D eigenvalue weighted by Gasteiger charge is -2.14. The first-order valence-corrected chi connectivity index (χ1v) is 11.8. The topological polar surface area (TPSA) is 85.1 Å². The Morgan fingerprint density at radius 1 is 0.892 bits per heavy atom. The molecule has 4 aromatic rings. The van der Waals surface area contributed by atoms with E-state index in [1.807, 2.05) is 0 Å². The molecule has 0 radical (unpaired) electrons. The summed E-state index contributed by atoms with van der Waals surface area (Å²) in [6.07, 6.45) is -10.1. The zero-order valence-corrected chi connectivity index (χ0v) is 20.0. The second-order valence-electron chi connectivity index (χ2n) is 7.71. The molecule has 4 rings (SSSR count). The molecule has 0 saturated carbocycles. The number of hydrogen-bond acceptors (Lipinski definition) is 6. The maximum absolute atomic E-state index is 13.5. The molecule has 0 spiro atoms. The van der Waals surface area contributed by atoms with Gasteiger partial charge in [-0.1, -0.05) is 52.5 Å². The lowest BCUT2D eigenvalue weighted by Crippen LogP contribution is -2.11. The third-order valence-corrected chi connectivity index (χ3v) is 7.07. The van der Waals surface area contributed by atoms with Crippen molar-refractivity contribution in [2.75, 3.05) is 5.32 Å². The Kier molecular flexibility index (Phi) is 6.81. The van der Waals surface area contributed by atoms with Gasteiger partial charge in [-0.3, -0.25) is 20.2 Å². The second-order valence-corrected chi connectivity index (χ2v) is 9.77. The van der Waals surface area contributed by atoms with Crippen LogP contribution in [0.15, 0.2) is 54.6 Å². The van der Waals surface area contributed by atoms with E-state index in [-0.39, 0.29) is 37.2 Å². The molecule has 0 saturated heterocycles. The van der Waals surface area contributed by atoms with Crippen molar-refractivity contribution in [2.24, 2.45) is 0 Å². The Hall–Kier alpha value is -3.78. The Morgan fingerprint density at radius 3 is 2.00 bits per heavy atom. The maximum Gasteiger partial charge on any atom is 0.416 e. The van der Waals surface area contributed by atoms with Gasteiger partial charge in [-0.05, 0) is 36.8 Å². The number of anilines is 1. The quantitative estimate of drug-likeness (QED) is 0.153. The lowest BCUT2D eigenvalue weighted by molar-refractivity contribution is -0.380. The zero-order chi connectivity index (χ0) is 27.1. The fraction of sp³-hybridized carbons (Fsp3) is 0.130. The van der Waals surface area contributed by atoms with Gasteiger partial charge in [-0.2, -0.15) is 26.3 Å². The first-order valence-electron chi connectivity index (χ1n) is 10.2. The molecule has 0 aliphatic rings. The molecule has 2 heterocycles. The van der Waals surface area contributed by atoms with Crippen LogP contribution in [0.4, 0.5) is 36.5 Å². The number of carbonyl (C=O) groups excluding carboxylic acids is 1. The molecule has 1 N–H and O–H groups in total. The van der Waals surface area contributed by atoms with E-state index in [9.17, 15) is 41.3 Å². The molecule has 0 bridgehead atoms. The van der Waals surface area contributed by atoms with E-state index in [2.05, 4.69) is 10.3 Å². The molecule has 2 aromatic carbocycles. The molecule has 0 atom stereocenters. The van der Waals surface area contributed by atoms with Gasteiger partial charge < -0.3 is 0 Å². The minimum Gasteiger partial charge on any atom is -0.297 e. The van der Waals surface area contributed by atoms with Crippen molar-refractivity contribution >= 4 is 38.7 Å². The summed E-state index contributed by atoms with van der Waals surface area (Å²) in [6, 6.07) is 10.1. The third kappa shape index (κ3) is 5.80. The van der Waals surface area contributed by atoms with Crippen molar-refractivity contribution in [2.45, 2.75) is 19.3 Å². The molecule has 2 aromatic heterocycles. The molecular weight excluding hydrogens is 544 g/mol. The summed E-state index contributed by atoms with van der Waals surface area (Å²) >= 11 is 1.28. The first-order chi connectivity index (χ1) is 17.2. The number of nitrogens with one attached hydrogen (secondary N) is 1. The van der Waals surface area contributed by atoms with Crippen LogP contribution >= 0.6 is 22.7 Å². The van der Waals surface area contributed by atoms with Crippen molar-refractivity contribution < 1.29 is 36.1 Å². The van der Waals surface area contributed by atoms with Crippen molar-refractivity contribution in [3.63, 3.8) is 0 Å². The molecule has 37 heavy (non-hydrogen) atoms. The summed E-state index contributed by atoms with van der Waals surface area (Å²) in [6.45, 7) is 1.79. The standard InChI is InChI=1S/C23H13F6N3O3S2/c1-11-2-4-12(5-3-11)18-19(13-8-14(22(24,25)26)10-15(9-13)23(27,28)29)37-21(30-18)31-20(33)16-6-7-17(36-16)32(34)35/h2-10H,1H3,(H,30,31,33). The number of carbonyl (C=O) groups is 1. The van der Waals surface area contributed by atoms with Crippen molar-refractivity contribution in [3.05, 3.63) is 86.3 Å². The number of halogens is 6. The molecule has 0 aliphatic carbocycles. The van der Waals surface area contributed by atoms with Gasteiger partial charge in [0.25, 0.3) is 5.91 Å². The maximum atomic E-state index is 13.5. The van der Waals surface area contributed by atoms with Crippen LogP contribution in [0.5, 0.6) is 0 Å². The van der Waals surface area contributed by atoms with Crippen molar-refractivity contribution in [1.29, 1.82) is 0 Å². The number of hydrogen-bond donors (Lipinski definition) is 1. The van der Waals surface area contributed by atoms with E-state index in [1.165, 1.54) is 6.07 Å². The predicted octanol–water partition coefficient (Wildman–Crippen LogP) is 8.05. The number of aryl methyl sites for hydroxylation is 1. The van der Waals surface area contributed by atoms with Gasteiger partial charge in [0.1, 0.15) is 0 Å². The molecule has 6 nitrogen and oxygen atoms in total. The molecule has 0 fully saturated rings. The van der Waals surface area contributed by atoms with Crippen LogP contribution in [0.3, 0.4) is 0 Å². The zero-order valence-electron chi connectivity index (χ0n) is 18.4. The number of thiophene rings is 1. The Balaban J connectivity index is 1.84. The van der Waals surface area contributed by atoms with E-state index < -0.39 is 34.3 Å². The van der Waals surface area contributed by atoms with Crippen LogP contribution in [0.1, 0.15) is 26.4 Å². The van der Waals surface area contributed by atoms with E-state index in [4.69, 9.17) is 0 Å². The molecule has 192 valence electrons. The summed E-state index contributed by atoms with van der Waals surface area (Å²) in [4.78, 5) is 27.0. The van der Waals surface area contributed by atoms with Gasteiger partial charge in [-0.15, -0.1) is 0 Å². The molecule has 1 amide bonds. The Morgan fingerprint density at radius 2 is 1.49 bits per heavy atom. The number of nitro groups is 1. The highest BCUT2D eigenvalue weighted by molar-refractivity contribution is 7.20. The lowest BCUT2D eigenvalue weighted by atomic mass is 10.0. The number of amides is 1. The summed E-state index contributed by atoms with van der Waals surface area (Å²) < 4.78 is 80.8. The van der Waals surface area contributed by atoms with Crippen LogP contribution < -0.4 is 5.32 Å². The van der Waals surface area contributed by atoms with Crippen LogP contribution in [0.2, 0.25) is 0 Å². The highest BCUT2D eigenvalue weighted by atomic mass is 32.1. The summed E-state index contributed by atoms with van der Waals surface area (Å²) in [7, 11) is 0. The average Bonchev–Trinajstić information content (AvgIpc) is 3.46. The van der Waals surface area contributed by atoms with Crippen LogP contribution in [-0.4, -0.2) is 15.8 Å². The number of rotatable bonds is 5. The van der Waals surface area contributed by atoms with E-state index in [0.29, 0.717) is 40.4 Å². The second kappa shape index (κ2) is 9.59. The van der Waals surface area contributed by atoms with Crippen molar-refractivity contribution in [1.82, 2.24) is 4.98 Å². The van der Waals surface area contributed by atoms with E-state index in [0.717, 1.165) is 11.6 Å². The van der Waals surface area contributed by atoms with Gasteiger partial charge in [0.2, 0.25) is 0 Å².